The summed E-state index contributed by atoms with van der Waals surface area (Å²) in [6, 6.07) is 17.9. The Morgan fingerprint density at radius 3 is 2.52 bits per heavy atom. The summed E-state index contributed by atoms with van der Waals surface area (Å²) in [4.78, 5) is 39.2. The van der Waals surface area contributed by atoms with Crippen molar-refractivity contribution in [1.29, 1.82) is 0 Å². The molecule has 4 heterocycles. The number of amides is 3. The third kappa shape index (κ3) is 5.16. The normalized spacial score (nSPS) is 25.0. The molecule has 0 aromatic heterocycles. The number of morpholine rings is 1. The Morgan fingerprint density at radius 1 is 1.00 bits per heavy atom. The molecule has 1 spiro atoms. The number of urea groups is 1. The number of benzene rings is 3. The molecule has 244 valence electrons. The van der Waals surface area contributed by atoms with E-state index in [-0.39, 0.29) is 29.6 Å². The molecule has 4 saturated heterocycles. The summed E-state index contributed by atoms with van der Waals surface area (Å²) in [5.74, 6) is 0.535. The van der Waals surface area contributed by atoms with Crippen molar-refractivity contribution in [3.05, 3.63) is 65.7 Å². The molecule has 3 aromatic rings. The molecule has 7 rings (SSSR count). The Labute approximate surface area is 271 Å². The number of imide groups is 1. The Kier molecular flexibility index (Phi) is 8.29. The second kappa shape index (κ2) is 12.4. The van der Waals surface area contributed by atoms with E-state index in [0.29, 0.717) is 58.3 Å². The third-order valence-electron chi connectivity index (χ3n) is 10.3. The molecule has 4 fully saturated rings. The van der Waals surface area contributed by atoms with Crippen molar-refractivity contribution < 1.29 is 24.2 Å². The van der Waals surface area contributed by atoms with Crippen LogP contribution in [0.2, 0.25) is 0 Å². The van der Waals surface area contributed by atoms with Crippen molar-refractivity contribution in [1.82, 2.24) is 19.6 Å². The number of likely N-dealkylation sites (tertiary alicyclic amines) is 1. The molecule has 3 aromatic carbocycles. The number of hydrogen-bond donors (Lipinski definition) is 1. The summed E-state index contributed by atoms with van der Waals surface area (Å²) < 4.78 is 11.2. The van der Waals surface area contributed by atoms with Gasteiger partial charge in [-0.1, -0.05) is 43.3 Å². The van der Waals surface area contributed by atoms with Crippen LogP contribution >= 0.6 is 0 Å². The van der Waals surface area contributed by atoms with Gasteiger partial charge in [0.15, 0.2) is 11.5 Å². The summed E-state index contributed by atoms with van der Waals surface area (Å²) in [6.45, 7) is 8.32. The minimum Gasteiger partial charge on any atom is -0.504 e. The first-order chi connectivity index (χ1) is 22.3. The second-order valence-corrected chi connectivity index (χ2v) is 13.4. The molecule has 1 N–H and O–H groups in total. The summed E-state index contributed by atoms with van der Waals surface area (Å²) in [7, 11) is 4.09. The molecule has 3 atom stereocenters. The van der Waals surface area contributed by atoms with Crippen LogP contribution in [0.5, 0.6) is 11.5 Å². The summed E-state index contributed by atoms with van der Waals surface area (Å²) in [6.07, 6.45) is 1.59. The Balaban J connectivity index is 1.21. The highest BCUT2D eigenvalue weighted by Gasteiger charge is 2.70. The third-order valence-corrected chi connectivity index (χ3v) is 10.3. The number of anilines is 1. The number of nitrogens with zero attached hydrogens (tertiary/aromatic N) is 5. The van der Waals surface area contributed by atoms with Crippen molar-refractivity contribution in [2.45, 2.75) is 37.9 Å². The van der Waals surface area contributed by atoms with Crippen LogP contribution in [0.25, 0.3) is 10.8 Å². The summed E-state index contributed by atoms with van der Waals surface area (Å²) >= 11 is 0. The van der Waals surface area contributed by atoms with Crippen LogP contribution in [0, 0.1) is 5.92 Å². The predicted molar refractivity (Wildman–Crippen MR) is 177 cm³/mol. The van der Waals surface area contributed by atoms with Gasteiger partial charge < -0.3 is 24.4 Å². The fourth-order valence-corrected chi connectivity index (χ4v) is 8.18. The monoisotopic (exact) mass is 627 g/mol. The lowest BCUT2D eigenvalue weighted by atomic mass is 9.87. The predicted octanol–water partition coefficient (Wildman–Crippen LogP) is 4.31. The molecular formula is C36H45N5O5. The first kappa shape index (κ1) is 30.8. The summed E-state index contributed by atoms with van der Waals surface area (Å²) in [5.41, 5.74) is 2.27. The number of carbonyl (C=O) groups excluding carboxylic acids is 2. The van der Waals surface area contributed by atoms with E-state index in [1.807, 2.05) is 38.1 Å². The minimum absolute atomic E-state index is 0.00428. The first-order valence-electron chi connectivity index (χ1n) is 16.6. The molecule has 0 radical (unpaired) electrons. The average molecular weight is 628 g/mol. The van der Waals surface area contributed by atoms with Gasteiger partial charge >= 0.3 is 6.03 Å². The number of aromatic hydroxyl groups is 1. The number of ether oxygens (including phenoxy) is 2. The topological polar surface area (TPSA) is 89.0 Å². The number of phenols is 1. The molecule has 0 aliphatic carbocycles. The van der Waals surface area contributed by atoms with Crippen LogP contribution in [0.3, 0.4) is 0 Å². The summed E-state index contributed by atoms with van der Waals surface area (Å²) in [5, 5.41) is 12.9. The van der Waals surface area contributed by atoms with Gasteiger partial charge in [0.1, 0.15) is 5.54 Å². The van der Waals surface area contributed by atoms with E-state index in [1.165, 1.54) is 4.90 Å². The van der Waals surface area contributed by atoms with Gasteiger partial charge in [0.25, 0.3) is 5.91 Å². The lowest BCUT2D eigenvalue weighted by molar-refractivity contribution is -0.133. The lowest BCUT2D eigenvalue weighted by Gasteiger charge is -2.32. The zero-order valence-electron chi connectivity index (χ0n) is 27.2. The quantitative estimate of drug-likeness (QED) is 0.333. The molecule has 46 heavy (non-hydrogen) atoms. The molecule has 0 saturated carbocycles. The van der Waals surface area contributed by atoms with Crippen LogP contribution in [-0.4, -0.2) is 115 Å². The van der Waals surface area contributed by atoms with Gasteiger partial charge in [0.2, 0.25) is 0 Å². The molecule has 0 bridgehead atoms. The van der Waals surface area contributed by atoms with Crippen LogP contribution in [0.15, 0.2) is 54.6 Å². The van der Waals surface area contributed by atoms with E-state index >= 15 is 0 Å². The van der Waals surface area contributed by atoms with Crippen LogP contribution in [0.1, 0.15) is 36.9 Å². The minimum atomic E-state index is -0.916. The van der Waals surface area contributed by atoms with Crippen molar-refractivity contribution >= 4 is 28.4 Å². The molecule has 4 aliphatic rings. The second-order valence-electron chi connectivity index (χ2n) is 13.4. The van der Waals surface area contributed by atoms with Crippen LogP contribution in [-0.2, 0) is 16.1 Å². The first-order valence-corrected chi connectivity index (χ1v) is 16.6. The Morgan fingerprint density at radius 2 is 1.78 bits per heavy atom. The zero-order valence-corrected chi connectivity index (χ0v) is 27.2. The van der Waals surface area contributed by atoms with Gasteiger partial charge in [0, 0.05) is 76.9 Å². The fourth-order valence-electron chi connectivity index (χ4n) is 8.18. The maximum Gasteiger partial charge on any atom is 0.328 e. The maximum absolute atomic E-state index is 14.6. The van der Waals surface area contributed by atoms with Crippen molar-refractivity contribution in [2.24, 2.45) is 5.92 Å². The maximum atomic E-state index is 14.6. The molecule has 4 aliphatic heterocycles. The molecule has 10 heteroatoms. The fraction of sp³-hybridized carbons (Fsp3) is 0.500. The lowest BCUT2D eigenvalue weighted by Crippen LogP contribution is -2.51. The number of fused-ring (bicyclic) bond motifs is 1. The van der Waals surface area contributed by atoms with E-state index < -0.39 is 5.54 Å². The van der Waals surface area contributed by atoms with Gasteiger partial charge in [-0.2, -0.15) is 0 Å². The molecule has 3 unspecified atom stereocenters. The van der Waals surface area contributed by atoms with Crippen molar-refractivity contribution in [3.8, 4) is 11.5 Å². The molecular weight excluding hydrogens is 582 g/mol. The van der Waals surface area contributed by atoms with Gasteiger partial charge in [-0.15, -0.1) is 0 Å². The van der Waals surface area contributed by atoms with Crippen LogP contribution < -0.4 is 9.64 Å². The van der Waals surface area contributed by atoms with Crippen LogP contribution in [0.4, 0.5) is 10.5 Å². The number of rotatable bonds is 10. The van der Waals surface area contributed by atoms with E-state index in [2.05, 4.69) is 51.1 Å². The number of carbonyl (C=O) groups is 2. The molecule has 3 amide bonds. The van der Waals surface area contributed by atoms with E-state index in [0.717, 1.165) is 53.5 Å². The largest absolute Gasteiger partial charge is 0.504 e. The van der Waals surface area contributed by atoms with Crippen molar-refractivity contribution in [2.75, 3.05) is 78.1 Å². The Hall–Kier alpha value is -3.86. The standard InChI is InChI=1S/C36H45N5O5/c1-4-17-46-33-12-9-25(20-32(33)42)22-39-23-26-21-31(29-10-11-30(37(2)3)28-8-6-5-7-27(28)29)41-35(44)40(34(43)36(26,41)24-39)14-13-38-15-18-45-19-16-38/h5-12,20,26,31,42H,4,13-19,21-24H2,1-3H3. The van der Waals surface area contributed by atoms with Gasteiger partial charge in [-0.05, 0) is 47.6 Å². The number of phenolic OH excluding ortho intramolecular Hbond substituents is 1. The average Bonchev–Trinajstić information content (AvgIpc) is 3.63. The van der Waals surface area contributed by atoms with E-state index in [9.17, 15) is 14.7 Å². The number of hydrogen-bond acceptors (Lipinski definition) is 8. The van der Waals surface area contributed by atoms with E-state index in [4.69, 9.17) is 9.47 Å². The Bertz CT molecular complexity index is 1620. The van der Waals surface area contributed by atoms with Gasteiger partial charge in [-0.25, -0.2) is 4.79 Å². The SMILES string of the molecule is CCCOc1ccc(CN2CC3CC(c4ccc(N(C)C)c5ccccc45)N4C(=O)N(CCN5CCOCC5)C(=O)C34C2)cc1O. The van der Waals surface area contributed by atoms with Gasteiger partial charge in [0.05, 0.1) is 25.9 Å². The zero-order chi connectivity index (χ0) is 32.0. The molecule has 10 nitrogen and oxygen atoms in total. The smallest absolute Gasteiger partial charge is 0.328 e. The van der Waals surface area contributed by atoms with Gasteiger partial charge in [-0.3, -0.25) is 19.5 Å². The van der Waals surface area contributed by atoms with Crippen molar-refractivity contribution in [3.63, 3.8) is 0 Å². The highest BCUT2D eigenvalue weighted by molar-refractivity contribution is 6.09. The highest BCUT2D eigenvalue weighted by Crippen LogP contribution is 2.56. The van der Waals surface area contributed by atoms with E-state index in [1.54, 1.807) is 6.07 Å². The highest BCUT2D eigenvalue weighted by atomic mass is 16.5.